The van der Waals surface area contributed by atoms with Crippen LogP contribution < -0.4 is 5.32 Å². The zero-order chi connectivity index (χ0) is 40.7. The minimum absolute atomic E-state index is 0.121. The summed E-state index contributed by atoms with van der Waals surface area (Å²) >= 11 is 0. The van der Waals surface area contributed by atoms with Gasteiger partial charge in [-0.25, -0.2) is 9.36 Å². The molecule has 0 aromatic carbocycles. The highest BCUT2D eigenvalue weighted by Gasteiger charge is 2.28. The molecule has 316 valence electrons. The third-order valence-electron chi connectivity index (χ3n) is 8.51. The first-order valence-electron chi connectivity index (χ1n) is 20.8. The molecule has 0 radical (unpaired) electrons. The fourth-order valence-corrected chi connectivity index (χ4v) is 6.01. The predicted molar refractivity (Wildman–Crippen MR) is 222 cm³/mol. The first-order chi connectivity index (χ1) is 26.6. The van der Waals surface area contributed by atoms with Crippen molar-refractivity contribution in [1.29, 1.82) is 0 Å². The molecule has 0 aliphatic carbocycles. The summed E-state index contributed by atoms with van der Waals surface area (Å²) in [6.45, 7) is 2.45. The van der Waals surface area contributed by atoms with Gasteiger partial charge in [0.25, 0.3) is 0 Å². The SMILES string of the molecule is CCC/C=C\CCCCCCCC(=O)OCC(O)COP(=O)(O)OCC(NC(=O)CCCCCCC/C=C\C/C=C\C/C=C\C/C=C\CCCCC)C(=O)O. The Kier molecular flexibility index (Phi) is 36.1. The van der Waals surface area contributed by atoms with Gasteiger partial charge in [0.2, 0.25) is 5.91 Å². The summed E-state index contributed by atoms with van der Waals surface area (Å²) in [7, 11) is -4.76. The lowest BCUT2D eigenvalue weighted by Crippen LogP contribution is -2.43. The van der Waals surface area contributed by atoms with E-state index < -0.39 is 57.6 Å². The summed E-state index contributed by atoms with van der Waals surface area (Å²) in [4.78, 5) is 45.8. The number of unbranched alkanes of at least 4 members (excludes halogenated alkanes) is 14. The molecule has 0 spiro atoms. The Bertz CT molecular complexity index is 1170. The van der Waals surface area contributed by atoms with Crippen LogP contribution in [0.3, 0.4) is 0 Å². The van der Waals surface area contributed by atoms with E-state index in [-0.39, 0.29) is 12.8 Å². The molecule has 3 atom stereocenters. The van der Waals surface area contributed by atoms with Crippen LogP contribution in [-0.4, -0.2) is 64.9 Å². The number of esters is 1. The Morgan fingerprint density at radius 2 is 1.04 bits per heavy atom. The van der Waals surface area contributed by atoms with E-state index in [1.54, 1.807) is 0 Å². The van der Waals surface area contributed by atoms with Crippen molar-refractivity contribution in [3.63, 3.8) is 0 Å². The molecule has 55 heavy (non-hydrogen) atoms. The van der Waals surface area contributed by atoms with Gasteiger partial charge in [-0.2, -0.15) is 0 Å². The molecule has 0 saturated heterocycles. The van der Waals surface area contributed by atoms with E-state index in [0.29, 0.717) is 12.8 Å². The Morgan fingerprint density at radius 3 is 1.58 bits per heavy atom. The van der Waals surface area contributed by atoms with Crippen molar-refractivity contribution in [2.45, 2.75) is 174 Å². The number of nitrogens with one attached hydrogen (secondary N) is 1. The molecule has 0 saturated carbocycles. The van der Waals surface area contributed by atoms with Crippen LogP contribution >= 0.6 is 7.82 Å². The first-order valence-corrected chi connectivity index (χ1v) is 22.3. The quantitative estimate of drug-likeness (QED) is 0.0204. The molecule has 1 amide bonds. The summed E-state index contributed by atoms with van der Waals surface area (Å²) < 4.78 is 26.7. The van der Waals surface area contributed by atoms with Gasteiger partial charge in [-0.15, -0.1) is 0 Å². The minimum atomic E-state index is -4.76. The van der Waals surface area contributed by atoms with E-state index in [9.17, 15) is 34.1 Å². The summed E-state index contributed by atoms with van der Waals surface area (Å²) in [5.41, 5.74) is 0. The van der Waals surface area contributed by atoms with Gasteiger partial charge in [0.15, 0.2) is 6.04 Å². The number of carbonyl (C=O) groups excluding carboxylic acids is 2. The van der Waals surface area contributed by atoms with Gasteiger partial charge < -0.3 is 25.2 Å². The highest BCUT2D eigenvalue weighted by atomic mass is 31.2. The zero-order valence-electron chi connectivity index (χ0n) is 34.0. The summed E-state index contributed by atoms with van der Waals surface area (Å²) in [6, 6.07) is -1.56. The topological polar surface area (TPSA) is 169 Å². The van der Waals surface area contributed by atoms with Gasteiger partial charge in [-0.3, -0.25) is 18.6 Å². The number of phosphoric ester groups is 1. The fraction of sp³-hybridized carbons (Fsp3) is 0.698. The predicted octanol–water partition coefficient (Wildman–Crippen LogP) is 10.4. The van der Waals surface area contributed by atoms with Crippen molar-refractivity contribution < 1.29 is 47.8 Å². The fourth-order valence-electron chi connectivity index (χ4n) is 5.24. The molecule has 0 aromatic heterocycles. The van der Waals surface area contributed by atoms with Crippen LogP contribution in [0.15, 0.2) is 60.8 Å². The molecule has 0 fully saturated rings. The number of carboxylic acids is 1. The van der Waals surface area contributed by atoms with E-state index >= 15 is 0 Å². The molecular weight excluding hydrogens is 721 g/mol. The average Bonchev–Trinajstić information content (AvgIpc) is 3.16. The third-order valence-corrected chi connectivity index (χ3v) is 9.46. The van der Waals surface area contributed by atoms with Crippen LogP contribution in [-0.2, 0) is 32.7 Å². The molecular formula is C43H74NO10P. The number of hydrogen-bond acceptors (Lipinski definition) is 8. The molecule has 3 unspecified atom stereocenters. The Morgan fingerprint density at radius 1 is 0.582 bits per heavy atom. The zero-order valence-corrected chi connectivity index (χ0v) is 34.9. The number of carbonyl (C=O) groups is 3. The Hall–Kier alpha value is -2.82. The maximum absolute atomic E-state index is 12.3. The number of amides is 1. The van der Waals surface area contributed by atoms with Gasteiger partial charge in [0.05, 0.1) is 13.2 Å². The van der Waals surface area contributed by atoms with Crippen molar-refractivity contribution >= 4 is 25.7 Å². The van der Waals surface area contributed by atoms with Gasteiger partial charge in [-0.05, 0) is 77.0 Å². The number of hydrogen-bond donors (Lipinski definition) is 4. The number of phosphoric acid groups is 1. The van der Waals surface area contributed by atoms with Crippen molar-refractivity contribution in [2.75, 3.05) is 19.8 Å². The molecule has 0 aliphatic rings. The van der Waals surface area contributed by atoms with Crippen LogP contribution in [0, 0.1) is 0 Å². The number of aliphatic carboxylic acids is 1. The van der Waals surface area contributed by atoms with Gasteiger partial charge in [0, 0.05) is 12.8 Å². The average molecular weight is 796 g/mol. The maximum atomic E-state index is 12.3. The van der Waals surface area contributed by atoms with Crippen LogP contribution in [0.5, 0.6) is 0 Å². The highest BCUT2D eigenvalue weighted by Crippen LogP contribution is 2.43. The third kappa shape index (κ3) is 37.9. The Balaban J connectivity index is 3.98. The first kappa shape index (κ1) is 52.2. The maximum Gasteiger partial charge on any atom is 0.472 e. The molecule has 4 N–H and O–H groups in total. The van der Waals surface area contributed by atoms with E-state index in [1.165, 1.54) is 25.7 Å². The molecule has 0 rings (SSSR count). The minimum Gasteiger partial charge on any atom is -0.480 e. The van der Waals surface area contributed by atoms with Crippen LogP contribution in [0.4, 0.5) is 0 Å². The summed E-state index contributed by atoms with van der Waals surface area (Å²) in [5.74, 6) is -2.42. The largest absolute Gasteiger partial charge is 0.480 e. The molecule has 0 heterocycles. The summed E-state index contributed by atoms with van der Waals surface area (Å²) in [5, 5.41) is 21.8. The number of ether oxygens (including phenoxy) is 1. The molecule has 12 heteroatoms. The van der Waals surface area contributed by atoms with Gasteiger partial charge in [0.1, 0.15) is 12.7 Å². The second kappa shape index (κ2) is 38.1. The lowest BCUT2D eigenvalue weighted by atomic mass is 10.1. The normalized spacial score (nSPS) is 14.4. The highest BCUT2D eigenvalue weighted by molar-refractivity contribution is 7.47. The Labute approximate surface area is 332 Å². The van der Waals surface area contributed by atoms with Crippen LogP contribution in [0.1, 0.15) is 162 Å². The molecule has 0 aliphatic heterocycles. The second-order valence-electron chi connectivity index (χ2n) is 13.8. The van der Waals surface area contributed by atoms with Crippen molar-refractivity contribution in [3.8, 4) is 0 Å². The van der Waals surface area contributed by atoms with E-state index in [1.807, 2.05) is 0 Å². The van der Waals surface area contributed by atoms with E-state index in [0.717, 1.165) is 96.3 Å². The summed E-state index contributed by atoms with van der Waals surface area (Å²) in [6.07, 6.45) is 42.5. The van der Waals surface area contributed by atoms with Gasteiger partial charge >= 0.3 is 19.8 Å². The van der Waals surface area contributed by atoms with E-state index in [2.05, 4.69) is 79.9 Å². The van der Waals surface area contributed by atoms with Crippen molar-refractivity contribution in [3.05, 3.63) is 60.8 Å². The van der Waals surface area contributed by atoms with Crippen LogP contribution in [0.2, 0.25) is 0 Å². The lowest BCUT2D eigenvalue weighted by Gasteiger charge is -2.18. The van der Waals surface area contributed by atoms with Crippen molar-refractivity contribution in [2.24, 2.45) is 0 Å². The molecule has 11 nitrogen and oxygen atoms in total. The van der Waals surface area contributed by atoms with Gasteiger partial charge in [-0.1, -0.05) is 132 Å². The number of allylic oxidation sites excluding steroid dienone is 10. The standard InChI is InChI=1S/C43H74NO10P/c1-3-5-7-9-11-13-15-16-17-18-19-20-21-22-23-24-25-26-28-30-32-34-41(46)44-40(43(48)49)38-54-55(50,51)53-37-39(45)36-52-42(47)35-33-31-29-27-14-12-10-8-6-4-2/h8,10-11,13,16-17,19-20,22-23,39-40,45H,3-7,9,12,14-15,18,21,24-38H2,1-2H3,(H,44,46)(H,48,49)(H,50,51)/b10-8-,13-11-,17-16-,20-19-,23-22-. The smallest absolute Gasteiger partial charge is 0.472 e. The lowest BCUT2D eigenvalue weighted by molar-refractivity contribution is -0.147. The number of aliphatic hydroxyl groups excluding tert-OH is 1. The monoisotopic (exact) mass is 796 g/mol. The number of carboxylic acid groups (broad SMARTS) is 1. The van der Waals surface area contributed by atoms with E-state index in [4.69, 9.17) is 13.8 Å². The molecule has 0 aromatic rings. The van der Waals surface area contributed by atoms with Crippen molar-refractivity contribution in [1.82, 2.24) is 5.32 Å². The number of aliphatic hydroxyl groups is 1. The van der Waals surface area contributed by atoms with Crippen LogP contribution in [0.25, 0.3) is 0 Å². The number of rotatable bonds is 38. The second-order valence-corrected chi connectivity index (χ2v) is 15.3. The molecule has 0 bridgehead atoms.